The lowest BCUT2D eigenvalue weighted by Gasteiger charge is -2.61. The minimum Gasteiger partial charge on any atom is -0.493 e. The van der Waals surface area contributed by atoms with Crippen LogP contribution in [-0.2, 0) is 45.3 Å². The first kappa shape index (κ1) is 34.6. The van der Waals surface area contributed by atoms with Crippen molar-refractivity contribution < 1.29 is 71.4 Å². The molecule has 1 spiro atoms. The molecule has 2 aliphatic carbocycles. The summed E-state index contributed by atoms with van der Waals surface area (Å²) >= 11 is 0. The first-order chi connectivity index (χ1) is 21.4. The number of esters is 2. The summed E-state index contributed by atoms with van der Waals surface area (Å²) in [6.07, 6.45) is -6.76. The predicted molar refractivity (Wildman–Crippen MR) is 146 cm³/mol. The second-order valence-electron chi connectivity index (χ2n) is 11.4. The number of amides is 1. The van der Waals surface area contributed by atoms with Gasteiger partial charge in [0.25, 0.3) is 0 Å². The van der Waals surface area contributed by atoms with Crippen molar-refractivity contribution in [3.63, 3.8) is 0 Å². The van der Waals surface area contributed by atoms with Crippen molar-refractivity contribution in [1.29, 1.82) is 0 Å². The summed E-state index contributed by atoms with van der Waals surface area (Å²) in [6.45, 7) is 2.97. The number of likely N-dealkylation sites (tertiary alicyclic amines) is 1. The van der Waals surface area contributed by atoms with Gasteiger partial charge in [0.1, 0.15) is 11.9 Å². The first-order valence-electron chi connectivity index (χ1n) is 14.1. The number of hydrogen-bond donors (Lipinski definition) is 4. The first-order valence-corrected chi connectivity index (χ1v) is 14.1. The van der Waals surface area contributed by atoms with E-state index in [2.05, 4.69) is 4.90 Å². The largest absolute Gasteiger partial charge is 0.493 e. The summed E-state index contributed by atoms with van der Waals surface area (Å²) in [7, 11) is 3.49. The lowest BCUT2D eigenvalue weighted by molar-refractivity contribution is -0.177. The van der Waals surface area contributed by atoms with Gasteiger partial charge in [0.2, 0.25) is 18.2 Å². The van der Waals surface area contributed by atoms with Crippen LogP contribution < -0.4 is 14.8 Å². The van der Waals surface area contributed by atoms with Crippen LogP contribution in [0.2, 0.25) is 0 Å². The molecule has 1 fully saturated rings. The standard InChI is InChI=1S/C27H32N2O11.C2HF3O/c1-12(30)22(31)28-19(23(32)33)25(35)38-13(2)24(34)39-16-7-8-27(36)17-11-14-5-6-15(37-4)20-18(14)26(27,21(16)40-20)9-10-29(17)3;3-2(4,5)1-6/h5-7,12-13,17,19,21,30,36H,8-11H2,1-4H3,(H,28,31)(H,32,33);1H/t12-,13-,17+,19+,21-,26-,27+;/m0./s1. The topological polar surface area (TPSA) is 198 Å². The molecule has 7 atom stereocenters. The van der Waals surface area contributed by atoms with Gasteiger partial charge in [-0.25, -0.2) is 14.4 Å². The van der Waals surface area contributed by atoms with Crippen molar-refractivity contribution >= 4 is 30.1 Å². The van der Waals surface area contributed by atoms with E-state index in [0.29, 0.717) is 30.9 Å². The fraction of sp³-hybridized carbons (Fsp3) is 0.552. The molecule has 46 heavy (non-hydrogen) atoms. The Morgan fingerprint density at radius 3 is 2.41 bits per heavy atom. The molecule has 1 aromatic rings. The van der Waals surface area contributed by atoms with E-state index in [0.717, 1.165) is 18.1 Å². The van der Waals surface area contributed by atoms with Crippen molar-refractivity contribution in [3.8, 4) is 11.5 Å². The van der Waals surface area contributed by atoms with Crippen LogP contribution in [0.25, 0.3) is 0 Å². The molecule has 252 valence electrons. The summed E-state index contributed by atoms with van der Waals surface area (Å²) in [5.74, 6) is -4.12. The van der Waals surface area contributed by atoms with E-state index >= 15 is 0 Å². The average Bonchev–Trinajstić information content (AvgIpc) is 3.34. The molecular formula is C29H33F3N2O12. The Morgan fingerprint density at radius 1 is 1.20 bits per heavy atom. The molecule has 14 nitrogen and oxygen atoms in total. The molecule has 0 saturated carbocycles. The molecule has 2 bridgehead atoms. The van der Waals surface area contributed by atoms with Crippen LogP contribution in [0.15, 0.2) is 24.0 Å². The van der Waals surface area contributed by atoms with E-state index in [-0.39, 0.29) is 18.2 Å². The number of alkyl halides is 3. The highest BCUT2D eigenvalue weighted by molar-refractivity contribution is 6.02. The molecule has 17 heteroatoms. The van der Waals surface area contributed by atoms with E-state index in [1.54, 1.807) is 6.08 Å². The van der Waals surface area contributed by atoms with E-state index in [1.165, 1.54) is 14.0 Å². The molecule has 5 rings (SSSR count). The second-order valence-corrected chi connectivity index (χ2v) is 11.4. The number of methoxy groups -OCH3 is 1. The Labute approximate surface area is 260 Å². The number of piperidine rings is 1. The number of aliphatic hydroxyl groups is 2. The average molecular weight is 659 g/mol. The fourth-order valence-electron chi connectivity index (χ4n) is 6.56. The Bertz CT molecular complexity index is 1460. The molecule has 0 radical (unpaired) electrons. The molecule has 2 heterocycles. The Balaban J connectivity index is 0.000000731. The smallest absolute Gasteiger partial charge is 0.446 e. The van der Waals surface area contributed by atoms with Crippen LogP contribution in [0.5, 0.6) is 11.5 Å². The van der Waals surface area contributed by atoms with Crippen molar-refractivity contribution in [1.82, 2.24) is 10.2 Å². The molecule has 0 aromatic heterocycles. The second kappa shape index (κ2) is 12.5. The number of carboxylic acid groups (broad SMARTS) is 1. The summed E-state index contributed by atoms with van der Waals surface area (Å²) in [5.41, 5.74) is -0.248. The quantitative estimate of drug-likeness (QED) is 0.167. The molecule has 1 amide bonds. The highest BCUT2D eigenvalue weighted by Gasteiger charge is 2.72. The number of halogens is 3. The number of carbonyl (C=O) groups excluding carboxylic acids is 4. The third-order valence-electron chi connectivity index (χ3n) is 8.68. The van der Waals surface area contributed by atoms with Crippen LogP contribution in [0.3, 0.4) is 0 Å². The van der Waals surface area contributed by atoms with Gasteiger partial charge in [-0.05, 0) is 58.0 Å². The van der Waals surface area contributed by atoms with Crippen molar-refractivity contribution in [3.05, 3.63) is 35.1 Å². The number of nitrogens with one attached hydrogen (secondary N) is 1. The van der Waals surface area contributed by atoms with E-state index in [4.69, 9.17) is 23.7 Å². The Hall–Kier alpha value is -4.22. The molecule has 1 saturated heterocycles. The molecule has 0 unspecified atom stereocenters. The van der Waals surface area contributed by atoms with E-state index < -0.39 is 71.6 Å². The number of aldehydes is 1. The molecule has 1 aromatic carbocycles. The zero-order valence-electron chi connectivity index (χ0n) is 25.1. The van der Waals surface area contributed by atoms with Crippen molar-refractivity contribution in [2.45, 2.75) is 80.7 Å². The maximum absolute atomic E-state index is 13.1. The van der Waals surface area contributed by atoms with Gasteiger partial charge in [-0.15, -0.1) is 0 Å². The number of carbonyl (C=O) groups is 5. The third kappa shape index (κ3) is 5.89. The van der Waals surface area contributed by atoms with Crippen LogP contribution in [0.1, 0.15) is 37.8 Å². The number of rotatable bonds is 8. The number of aliphatic hydroxyl groups excluding tert-OH is 1. The SMILES string of the molecule is COc1ccc2c3c1O[C@H]1C(OC(=O)[C@H](C)OC(=O)[C@H](NC(=O)[C@H](C)O)C(=O)O)=CC[C@@]4(O)[C@@H](C2)N(C)CC[C@]314.O=CC(F)(F)F. The number of carboxylic acids is 1. The third-order valence-corrected chi connectivity index (χ3v) is 8.68. The lowest BCUT2D eigenvalue weighted by Crippen LogP contribution is -2.74. The van der Waals surface area contributed by atoms with Gasteiger partial charge < -0.3 is 44.5 Å². The normalized spacial score (nSPS) is 27.5. The maximum Gasteiger partial charge on any atom is 0.446 e. The zero-order chi connectivity index (χ0) is 34.4. The molecule has 4 N–H and O–H groups in total. The van der Waals surface area contributed by atoms with Crippen LogP contribution >= 0.6 is 0 Å². The number of nitrogens with zero attached hydrogens (tertiary/aromatic N) is 1. The van der Waals surface area contributed by atoms with Crippen molar-refractivity contribution in [2.24, 2.45) is 0 Å². The number of aliphatic carboxylic acids is 1. The minimum atomic E-state index is -4.64. The van der Waals surface area contributed by atoms with Crippen LogP contribution in [0.4, 0.5) is 13.2 Å². The molecular weight excluding hydrogens is 625 g/mol. The Morgan fingerprint density at radius 2 is 1.85 bits per heavy atom. The van der Waals surface area contributed by atoms with Crippen LogP contribution in [-0.4, -0.2) is 113 Å². The van der Waals surface area contributed by atoms with Crippen molar-refractivity contribution in [2.75, 3.05) is 20.7 Å². The van der Waals surface area contributed by atoms with Gasteiger partial charge in [0.15, 0.2) is 23.7 Å². The van der Waals surface area contributed by atoms with Gasteiger partial charge in [0, 0.05) is 18.0 Å². The lowest BCUT2D eigenvalue weighted by atomic mass is 9.50. The minimum absolute atomic E-state index is 0.143. The summed E-state index contributed by atoms with van der Waals surface area (Å²) in [4.78, 5) is 59.5. The number of hydrogen-bond acceptors (Lipinski definition) is 12. The molecule has 4 aliphatic rings. The highest BCUT2D eigenvalue weighted by atomic mass is 19.4. The van der Waals surface area contributed by atoms with E-state index in [1.807, 2.05) is 24.5 Å². The predicted octanol–water partition coefficient (Wildman–Crippen LogP) is 0.146. The summed E-state index contributed by atoms with van der Waals surface area (Å²) in [6, 6.07) is 1.45. The van der Waals surface area contributed by atoms with Gasteiger partial charge in [-0.2, -0.15) is 13.2 Å². The number of likely N-dealkylation sites (N-methyl/N-ethyl adjacent to an activating group) is 1. The van der Waals surface area contributed by atoms with Gasteiger partial charge in [0.05, 0.1) is 18.1 Å². The highest BCUT2D eigenvalue weighted by Crippen LogP contribution is 2.65. The van der Waals surface area contributed by atoms with Gasteiger partial charge >= 0.3 is 24.1 Å². The summed E-state index contributed by atoms with van der Waals surface area (Å²) < 4.78 is 53.9. The summed E-state index contributed by atoms with van der Waals surface area (Å²) in [5, 5.41) is 32.7. The van der Waals surface area contributed by atoms with E-state index in [9.17, 15) is 47.7 Å². The van der Waals surface area contributed by atoms with Gasteiger partial charge in [-0.3, -0.25) is 9.59 Å². The fourth-order valence-corrected chi connectivity index (χ4v) is 6.56. The number of ether oxygens (including phenoxy) is 4. The Kier molecular flexibility index (Phi) is 9.43. The number of benzene rings is 1. The van der Waals surface area contributed by atoms with Crippen LogP contribution in [0, 0.1) is 0 Å². The van der Waals surface area contributed by atoms with Gasteiger partial charge in [-0.1, -0.05) is 6.07 Å². The maximum atomic E-state index is 13.1. The monoisotopic (exact) mass is 658 g/mol. The molecule has 2 aliphatic heterocycles. The zero-order valence-corrected chi connectivity index (χ0v) is 25.1.